The minimum Gasteiger partial charge on any atom is -0.206 e. The van der Waals surface area contributed by atoms with Gasteiger partial charge in [0.25, 0.3) is 0 Å². The van der Waals surface area contributed by atoms with E-state index >= 15 is 0 Å². The molecule has 0 aliphatic heterocycles. The van der Waals surface area contributed by atoms with Gasteiger partial charge in [-0.1, -0.05) is 48.5 Å². The highest BCUT2D eigenvalue weighted by molar-refractivity contribution is 6.09. The standard InChI is InChI=1S/C15H11F/c1-10-11-6-2-3-7-12(11)13-8-4-5-9-14(13)15(10)16/h2-9H,1H3. The van der Waals surface area contributed by atoms with Gasteiger partial charge in [-0.25, -0.2) is 4.39 Å². The molecule has 3 aromatic carbocycles. The molecule has 0 saturated heterocycles. The Morgan fingerprint density at radius 3 is 1.75 bits per heavy atom. The molecule has 0 bridgehead atoms. The van der Waals surface area contributed by atoms with E-state index in [2.05, 4.69) is 0 Å². The minimum atomic E-state index is -0.102. The van der Waals surface area contributed by atoms with Crippen LogP contribution in [-0.4, -0.2) is 0 Å². The Kier molecular flexibility index (Phi) is 1.93. The van der Waals surface area contributed by atoms with Crippen LogP contribution in [0.4, 0.5) is 4.39 Å². The van der Waals surface area contributed by atoms with Crippen molar-refractivity contribution < 1.29 is 4.39 Å². The third-order valence-electron chi connectivity index (χ3n) is 3.11. The summed E-state index contributed by atoms with van der Waals surface area (Å²) in [4.78, 5) is 0. The zero-order valence-electron chi connectivity index (χ0n) is 9.00. The highest BCUT2D eigenvalue weighted by atomic mass is 19.1. The predicted octanol–water partition coefficient (Wildman–Crippen LogP) is 4.44. The van der Waals surface area contributed by atoms with Crippen LogP contribution in [-0.2, 0) is 0 Å². The quantitative estimate of drug-likeness (QED) is 0.481. The zero-order chi connectivity index (χ0) is 11.1. The molecule has 0 heterocycles. The topological polar surface area (TPSA) is 0 Å². The van der Waals surface area contributed by atoms with Gasteiger partial charge in [0, 0.05) is 5.39 Å². The first kappa shape index (κ1) is 9.34. The largest absolute Gasteiger partial charge is 0.206 e. The van der Waals surface area contributed by atoms with Crippen LogP contribution in [0.25, 0.3) is 21.5 Å². The van der Waals surface area contributed by atoms with Crippen molar-refractivity contribution in [3.63, 3.8) is 0 Å². The molecule has 0 unspecified atom stereocenters. The van der Waals surface area contributed by atoms with Crippen molar-refractivity contribution >= 4 is 21.5 Å². The summed E-state index contributed by atoms with van der Waals surface area (Å²) < 4.78 is 14.1. The lowest BCUT2D eigenvalue weighted by Gasteiger charge is -2.08. The van der Waals surface area contributed by atoms with Gasteiger partial charge in [0.15, 0.2) is 0 Å². The van der Waals surface area contributed by atoms with E-state index in [1.807, 2.05) is 55.5 Å². The van der Waals surface area contributed by atoms with Crippen LogP contribution in [0.15, 0.2) is 48.5 Å². The molecule has 0 aliphatic carbocycles. The van der Waals surface area contributed by atoms with Crippen molar-refractivity contribution in [2.75, 3.05) is 0 Å². The maximum Gasteiger partial charge on any atom is 0.134 e. The van der Waals surface area contributed by atoms with Gasteiger partial charge in [-0.3, -0.25) is 0 Å². The van der Waals surface area contributed by atoms with Crippen LogP contribution in [0.5, 0.6) is 0 Å². The van der Waals surface area contributed by atoms with Gasteiger partial charge in [0.05, 0.1) is 0 Å². The third kappa shape index (κ3) is 1.15. The fourth-order valence-electron chi connectivity index (χ4n) is 2.27. The maximum atomic E-state index is 14.1. The molecule has 78 valence electrons. The first-order valence-electron chi connectivity index (χ1n) is 5.34. The van der Waals surface area contributed by atoms with E-state index in [0.717, 1.165) is 21.7 Å². The second-order valence-corrected chi connectivity index (χ2v) is 4.03. The molecule has 0 amide bonds. The van der Waals surface area contributed by atoms with Crippen LogP contribution in [0.2, 0.25) is 0 Å². The first-order chi connectivity index (χ1) is 7.79. The lowest BCUT2D eigenvalue weighted by Crippen LogP contribution is -1.88. The van der Waals surface area contributed by atoms with Crippen LogP contribution in [0.1, 0.15) is 5.56 Å². The van der Waals surface area contributed by atoms with Crippen LogP contribution in [0, 0.1) is 12.7 Å². The minimum absolute atomic E-state index is 0.102. The fourth-order valence-corrected chi connectivity index (χ4v) is 2.27. The summed E-state index contributed by atoms with van der Waals surface area (Å²) in [5.41, 5.74) is 0.731. The summed E-state index contributed by atoms with van der Waals surface area (Å²) >= 11 is 0. The molecule has 0 spiro atoms. The summed E-state index contributed by atoms with van der Waals surface area (Å²) in [7, 11) is 0. The molecule has 16 heavy (non-hydrogen) atoms. The van der Waals surface area contributed by atoms with E-state index in [4.69, 9.17) is 0 Å². The van der Waals surface area contributed by atoms with Gasteiger partial charge in [0.1, 0.15) is 5.82 Å². The maximum absolute atomic E-state index is 14.1. The molecule has 0 N–H and O–H groups in total. The van der Waals surface area contributed by atoms with Crippen molar-refractivity contribution in [1.82, 2.24) is 0 Å². The molecule has 0 nitrogen and oxygen atoms in total. The van der Waals surface area contributed by atoms with Crippen LogP contribution >= 0.6 is 0 Å². The molecule has 0 saturated carbocycles. The molecule has 0 aromatic heterocycles. The average molecular weight is 210 g/mol. The first-order valence-corrected chi connectivity index (χ1v) is 5.34. The summed E-state index contributed by atoms with van der Waals surface area (Å²) in [5, 5.41) is 3.82. The highest BCUT2D eigenvalue weighted by Gasteiger charge is 2.09. The highest BCUT2D eigenvalue weighted by Crippen LogP contribution is 2.30. The van der Waals surface area contributed by atoms with Gasteiger partial charge < -0.3 is 0 Å². The molecule has 3 rings (SSSR count). The van der Waals surface area contributed by atoms with Crippen molar-refractivity contribution in [1.29, 1.82) is 0 Å². The number of halogens is 1. The zero-order valence-corrected chi connectivity index (χ0v) is 9.00. The van der Waals surface area contributed by atoms with Crippen molar-refractivity contribution in [3.05, 3.63) is 59.9 Å². The Morgan fingerprint density at radius 1 is 0.688 bits per heavy atom. The molecule has 0 aliphatic rings. The second-order valence-electron chi connectivity index (χ2n) is 4.03. The van der Waals surface area contributed by atoms with Crippen molar-refractivity contribution in [2.24, 2.45) is 0 Å². The lowest BCUT2D eigenvalue weighted by atomic mass is 9.97. The van der Waals surface area contributed by atoms with E-state index in [0.29, 0.717) is 5.39 Å². The Labute approximate surface area is 93.3 Å². The van der Waals surface area contributed by atoms with E-state index in [9.17, 15) is 4.39 Å². The van der Waals surface area contributed by atoms with E-state index in [1.54, 1.807) is 0 Å². The smallest absolute Gasteiger partial charge is 0.134 e. The van der Waals surface area contributed by atoms with Crippen LogP contribution in [0.3, 0.4) is 0 Å². The molecule has 0 fully saturated rings. The Morgan fingerprint density at radius 2 is 1.12 bits per heavy atom. The molecule has 1 heteroatoms. The summed E-state index contributed by atoms with van der Waals surface area (Å²) in [6.07, 6.45) is 0. The SMILES string of the molecule is Cc1c(F)c2ccccc2c2ccccc12. The molecule has 3 aromatic rings. The lowest BCUT2D eigenvalue weighted by molar-refractivity contribution is 0.633. The molecule has 0 radical (unpaired) electrons. The summed E-state index contributed by atoms with van der Waals surface area (Å²) in [6, 6.07) is 15.6. The number of benzene rings is 3. The molecule has 0 atom stereocenters. The number of rotatable bonds is 0. The van der Waals surface area contributed by atoms with E-state index in [-0.39, 0.29) is 5.82 Å². The second kappa shape index (κ2) is 3.31. The summed E-state index contributed by atoms with van der Waals surface area (Å²) in [5.74, 6) is -0.102. The average Bonchev–Trinajstić information content (AvgIpc) is 2.36. The number of hydrogen-bond acceptors (Lipinski definition) is 0. The van der Waals surface area contributed by atoms with Crippen molar-refractivity contribution in [3.8, 4) is 0 Å². The van der Waals surface area contributed by atoms with Gasteiger partial charge in [-0.15, -0.1) is 0 Å². The van der Waals surface area contributed by atoms with Crippen LogP contribution < -0.4 is 0 Å². The Hall–Kier alpha value is -1.89. The predicted molar refractivity (Wildman–Crippen MR) is 66.1 cm³/mol. The summed E-state index contributed by atoms with van der Waals surface area (Å²) in [6.45, 7) is 1.84. The van der Waals surface area contributed by atoms with Crippen molar-refractivity contribution in [2.45, 2.75) is 6.92 Å². The van der Waals surface area contributed by atoms with Gasteiger partial charge in [-0.05, 0) is 28.6 Å². The third-order valence-corrected chi connectivity index (χ3v) is 3.11. The van der Waals surface area contributed by atoms with Gasteiger partial charge in [0.2, 0.25) is 0 Å². The fraction of sp³-hybridized carbons (Fsp3) is 0.0667. The Bertz CT molecular complexity index is 623. The molecular formula is C15H11F. The normalized spacial score (nSPS) is 11.1. The number of hydrogen-bond donors (Lipinski definition) is 0. The number of fused-ring (bicyclic) bond motifs is 3. The molecular weight excluding hydrogens is 199 g/mol. The number of aryl methyl sites for hydroxylation is 1. The van der Waals surface area contributed by atoms with Gasteiger partial charge in [-0.2, -0.15) is 0 Å². The Balaban J connectivity index is 2.69. The van der Waals surface area contributed by atoms with E-state index < -0.39 is 0 Å². The van der Waals surface area contributed by atoms with Gasteiger partial charge >= 0.3 is 0 Å². The monoisotopic (exact) mass is 210 g/mol. The van der Waals surface area contributed by atoms with E-state index in [1.165, 1.54) is 0 Å².